The molecule has 2 aliphatic rings. The molecule has 2 saturated heterocycles. The highest BCUT2D eigenvalue weighted by Crippen LogP contribution is 2.33. The molecule has 2 aliphatic heterocycles. The first kappa shape index (κ1) is 13.3. The molecule has 2 heterocycles. The van der Waals surface area contributed by atoms with E-state index >= 15 is 0 Å². The van der Waals surface area contributed by atoms with Crippen molar-refractivity contribution in [3.63, 3.8) is 0 Å². The molecule has 1 amide bonds. The van der Waals surface area contributed by atoms with E-state index in [1.54, 1.807) is 4.90 Å². The van der Waals surface area contributed by atoms with Crippen LogP contribution in [0.25, 0.3) is 0 Å². The molecular formula is C13H21NO4. The molecule has 0 saturated carbocycles. The molecule has 2 rings (SSSR count). The van der Waals surface area contributed by atoms with E-state index in [1.807, 2.05) is 20.8 Å². The lowest BCUT2D eigenvalue weighted by molar-refractivity contribution is -0.117. The number of rotatable bonds is 0. The third-order valence-corrected chi connectivity index (χ3v) is 3.25. The van der Waals surface area contributed by atoms with Crippen LogP contribution >= 0.6 is 0 Å². The summed E-state index contributed by atoms with van der Waals surface area (Å²) in [5.74, 6) is 0.126. The van der Waals surface area contributed by atoms with Crippen LogP contribution in [-0.2, 0) is 14.3 Å². The topological polar surface area (TPSA) is 55.8 Å². The van der Waals surface area contributed by atoms with Gasteiger partial charge in [-0.1, -0.05) is 0 Å². The van der Waals surface area contributed by atoms with E-state index in [9.17, 15) is 9.59 Å². The van der Waals surface area contributed by atoms with E-state index in [1.165, 1.54) is 0 Å². The van der Waals surface area contributed by atoms with Crippen molar-refractivity contribution in [3.05, 3.63) is 0 Å². The maximum atomic E-state index is 12.0. The van der Waals surface area contributed by atoms with E-state index < -0.39 is 11.2 Å². The van der Waals surface area contributed by atoms with Gasteiger partial charge in [0.05, 0.1) is 12.1 Å². The molecule has 2 fully saturated rings. The van der Waals surface area contributed by atoms with Crippen LogP contribution in [0.5, 0.6) is 0 Å². The van der Waals surface area contributed by atoms with Crippen molar-refractivity contribution >= 4 is 11.9 Å². The summed E-state index contributed by atoms with van der Waals surface area (Å²) in [5, 5.41) is 0. The highest BCUT2D eigenvalue weighted by molar-refractivity contribution is 5.83. The predicted octanol–water partition coefficient (Wildman–Crippen LogP) is 1.75. The molecule has 5 heteroatoms. The Morgan fingerprint density at radius 1 is 1.44 bits per heavy atom. The minimum atomic E-state index is -0.492. The van der Waals surface area contributed by atoms with Crippen molar-refractivity contribution < 1.29 is 19.1 Å². The zero-order valence-electron chi connectivity index (χ0n) is 11.3. The van der Waals surface area contributed by atoms with E-state index in [0.717, 1.165) is 12.8 Å². The molecule has 0 radical (unpaired) electrons. The van der Waals surface area contributed by atoms with Gasteiger partial charge in [0.25, 0.3) is 0 Å². The van der Waals surface area contributed by atoms with E-state index in [0.29, 0.717) is 19.5 Å². The van der Waals surface area contributed by atoms with Crippen LogP contribution in [0.4, 0.5) is 4.79 Å². The summed E-state index contributed by atoms with van der Waals surface area (Å²) in [6.45, 7) is 6.87. The second-order valence-corrected chi connectivity index (χ2v) is 6.19. The third kappa shape index (κ3) is 3.02. The molecule has 1 spiro atoms. The number of hydrogen-bond acceptors (Lipinski definition) is 4. The lowest BCUT2D eigenvalue weighted by Gasteiger charge is -2.39. The first-order valence-corrected chi connectivity index (χ1v) is 6.43. The largest absolute Gasteiger partial charge is 0.444 e. The Bertz CT molecular complexity index is 360. The standard InChI is InChI=1S/C13H21NO4/c1-12(2,3)18-11(16)14-6-4-5-13(9-14)7-10(15)8-17-13/h4-9H2,1-3H3/t13-/m0/s1. The van der Waals surface area contributed by atoms with Crippen molar-refractivity contribution in [2.45, 2.75) is 51.2 Å². The average molecular weight is 255 g/mol. The first-order chi connectivity index (χ1) is 8.30. The maximum absolute atomic E-state index is 12.0. The van der Waals surface area contributed by atoms with Crippen molar-refractivity contribution in [3.8, 4) is 0 Å². The zero-order chi connectivity index (χ0) is 13.4. The number of nitrogens with zero attached hydrogens (tertiary/aromatic N) is 1. The molecule has 0 aromatic carbocycles. The number of carbonyl (C=O) groups excluding carboxylic acids is 2. The van der Waals surface area contributed by atoms with Gasteiger partial charge in [0.1, 0.15) is 12.2 Å². The highest BCUT2D eigenvalue weighted by atomic mass is 16.6. The number of amides is 1. The van der Waals surface area contributed by atoms with Crippen LogP contribution in [-0.4, -0.2) is 47.7 Å². The smallest absolute Gasteiger partial charge is 0.410 e. The van der Waals surface area contributed by atoms with Gasteiger partial charge in [-0.2, -0.15) is 0 Å². The number of ether oxygens (including phenoxy) is 2. The van der Waals surface area contributed by atoms with Crippen molar-refractivity contribution in [1.29, 1.82) is 0 Å². The molecular weight excluding hydrogens is 234 g/mol. The van der Waals surface area contributed by atoms with Crippen LogP contribution in [0.3, 0.4) is 0 Å². The third-order valence-electron chi connectivity index (χ3n) is 3.25. The molecule has 0 aliphatic carbocycles. The Morgan fingerprint density at radius 3 is 2.72 bits per heavy atom. The molecule has 0 unspecified atom stereocenters. The monoisotopic (exact) mass is 255 g/mol. The SMILES string of the molecule is CC(C)(C)OC(=O)N1CCC[C@]2(CC(=O)CO2)C1. The number of ketones is 1. The van der Waals surface area contributed by atoms with Gasteiger partial charge in [-0.05, 0) is 33.6 Å². The van der Waals surface area contributed by atoms with Crippen LogP contribution < -0.4 is 0 Å². The second-order valence-electron chi connectivity index (χ2n) is 6.19. The fourth-order valence-electron chi connectivity index (χ4n) is 2.54. The maximum Gasteiger partial charge on any atom is 0.410 e. The van der Waals surface area contributed by atoms with E-state index in [4.69, 9.17) is 9.47 Å². The van der Waals surface area contributed by atoms with Gasteiger partial charge in [-0.25, -0.2) is 4.79 Å². The quantitative estimate of drug-likeness (QED) is 0.661. The highest BCUT2D eigenvalue weighted by Gasteiger charge is 2.44. The number of carbonyl (C=O) groups is 2. The normalized spacial score (nSPS) is 28.8. The fourth-order valence-corrected chi connectivity index (χ4v) is 2.54. The van der Waals surface area contributed by atoms with Gasteiger partial charge in [-0.15, -0.1) is 0 Å². The number of hydrogen-bond donors (Lipinski definition) is 0. The van der Waals surface area contributed by atoms with Crippen LogP contribution in [0, 0.1) is 0 Å². The van der Waals surface area contributed by atoms with Crippen molar-refractivity contribution in [2.75, 3.05) is 19.7 Å². The van der Waals surface area contributed by atoms with Gasteiger partial charge < -0.3 is 14.4 Å². The zero-order valence-corrected chi connectivity index (χ0v) is 11.3. The summed E-state index contributed by atoms with van der Waals surface area (Å²) in [6, 6.07) is 0. The second kappa shape index (κ2) is 4.53. The molecule has 5 nitrogen and oxygen atoms in total. The van der Waals surface area contributed by atoms with Gasteiger partial charge in [0.2, 0.25) is 0 Å². The fraction of sp³-hybridized carbons (Fsp3) is 0.846. The lowest BCUT2D eigenvalue weighted by atomic mass is 9.90. The van der Waals surface area contributed by atoms with Crippen LogP contribution in [0.15, 0.2) is 0 Å². The molecule has 0 bridgehead atoms. The molecule has 0 aromatic heterocycles. The first-order valence-electron chi connectivity index (χ1n) is 6.43. The van der Waals surface area contributed by atoms with Gasteiger partial charge in [-0.3, -0.25) is 4.79 Å². The minimum Gasteiger partial charge on any atom is -0.444 e. The summed E-state index contributed by atoms with van der Waals surface area (Å²) >= 11 is 0. The van der Waals surface area contributed by atoms with Gasteiger partial charge in [0, 0.05) is 13.0 Å². The number of Topliss-reactive ketones (excluding diaryl/α,β-unsaturated/α-hetero) is 1. The Labute approximate surface area is 107 Å². The van der Waals surface area contributed by atoms with Gasteiger partial charge >= 0.3 is 6.09 Å². The Morgan fingerprint density at radius 2 is 2.17 bits per heavy atom. The molecule has 18 heavy (non-hydrogen) atoms. The molecule has 102 valence electrons. The molecule has 0 N–H and O–H groups in total. The van der Waals surface area contributed by atoms with Crippen molar-refractivity contribution in [2.24, 2.45) is 0 Å². The van der Waals surface area contributed by atoms with Crippen LogP contribution in [0.1, 0.15) is 40.0 Å². The van der Waals surface area contributed by atoms with E-state index in [-0.39, 0.29) is 18.5 Å². The number of likely N-dealkylation sites (tertiary alicyclic amines) is 1. The Hall–Kier alpha value is -1.10. The Kier molecular flexibility index (Phi) is 3.36. The average Bonchev–Trinajstić information content (AvgIpc) is 2.57. The number of piperidine rings is 1. The minimum absolute atomic E-state index is 0.126. The summed E-state index contributed by atoms with van der Waals surface area (Å²) in [6.07, 6.45) is 1.81. The summed E-state index contributed by atoms with van der Waals surface area (Å²) in [7, 11) is 0. The summed E-state index contributed by atoms with van der Waals surface area (Å²) in [4.78, 5) is 25.0. The van der Waals surface area contributed by atoms with E-state index in [2.05, 4.69) is 0 Å². The van der Waals surface area contributed by atoms with Crippen molar-refractivity contribution in [1.82, 2.24) is 4.90 Å². The molecule has 1 atom stereocenters. The lowest BCUT2D eigenvalue weighted by Crippen LogP contribution is -2.51. The predicted molar refractivity (Wildman–Crippen MR) is 65.3 cm³/mol. The van der Waals surface area contributed by atoms with Crippen LogP contribution in [0.2, 0.25) is 0 Å². The van der Waals surface area contributed by atoms with Gasteiger partial charge in [0.15, 0.2) is 5.78 Å². The summed E-state index contributed by atoms with van der Waals surface area (Å²) < 4.78 is 11.0. The summed E-state index contributed by atoms with van der Waals surface area (Å²) in [5.41, 5.74) is -0.944. The Balaban J connectivity index is 1.99. The molecule has 0 aromatic rings.